The molecule has 0 radical (unpaired) electrons. The molecule has 0 saturated carbocycles. The van der Waals surface area contributed by atoms with E-state index in [0.29, 0.717) is 0 Å². The van der Waals surface area contributed by atoms with Gasteiger partial charge in [-0.15, -0.1) is 4.91 Å². The third-order valence-electron chi connectivity index (χ3n) is 0.792. The summed E-state index contributed by atoms with van der Waals surface area (Å²) in [6.45, 7) is 1.16. The normalized spacial score (nSPS) is 14.1. The van der Waals surface area contributed by atoms with Crippen molar-refractivity contribution < 1.29 is 8.78 Å². The third-order valence-corrected chi connectivity index (χ3v) is 0.792. The molecule has 60 valence electrons. The quantitative estimate of drug-likeness (QED) is 0.459. The van der Waals surface area contributed by atoms with E-state index in [4.69, 9.17) is 0 Å². The van der Waals surface area contributed by atoms with Crippen molar-refractivity contribution in [1.82, 2.24) is 0 Å². The molecule has 0 atom stereocenters. The maximum absolute atomic E-state index is 12.1. The van der Waals surface area contributed by atoms with Crippen LogP contribution < -0.4 is 0 Å². The topological polar surface area (TPSA) is 29.4 Å². The van der Waals surface area contributed by atoms with Crippen molar-refractivity contribution in [1.29, 1.82) is 0 Å². The second-order valence-electron chi connectivity index (χ2n) is 1.73. The Kier molecular flexibility index (Phi) is 4.81. The Morgan fingerprint density at radius 1 is 1.55 bits per heavy atom. The van der Waals surface area contributed by atoms with Crippen molar-refractivity contribution in [2.45, 2.75) is 6.92 Å². The number of hydrogen-bond acceptors (Lipinski definition) is 2. The Hall–Kier alpha value is -1.32. The summed E-state index contributed by atoms with van der Waals surface area (Å²) in [5.74, 6) is -0.553. The van der Waals surface area contributed by atoms with Crippen molar-refractivity contribution in [3.05, 3.63) is 41.0 Å². The number of allylic oxidation sites excluding steroid dienone is 4. The molecule has 0 rings (SSSR count). The smallest absolute Gasteiger partial charge is 0.110 e. The van der Waals surface area contributed by atoms with Gasteiger partial charge in [-0.3, -0.25) is 0 Å². The molecule has 0 aromatic rings. The highest BCUT2D eigenvalue weighted by Crippen LogP contribution is 2.04. The predicted octanol–water partition coefficient (Wildman–Crippen LogP) is 2.99. The number of rotatable bonds is 3. The molecule has 0 N–H and O–H groups in total. The van der Waals surface area contributed by atoms with E-state index in [1.807, 2.05) is 0 Å². The predicted molar refractivity (Wildman–Crippen MR) is 39.0 cm³/mol. The Labute approximate surface area is 62.9 Å². The third kappa shape index (κ3) is 5.14. The van der Waals surface area contributed by atoms with Gasteiger partial charge in [0.05, 0.1) is 12.2 Å². The van der Waals surface area contributed by atoms with Gasteiger partial charge in [0.1, 0.15) is 5.70 Å². The average molecular weight is 159 g/mol. The lowest BCUT2D eigenvalue weighted by Gasteiger charge is -1.84. The van der Waals surface area contributed by atoms with Crippen LogP contribution in [0.25, 0.3) is 0 Å². The van der Waals surface area contributed by atoms with E-state index < -0.39 is 5.83 Å². The Balaban J connectivity index is 4.40. The molecule has 2 nitrogen and oxygen atoms in total. The highest BCUT2D eigenvalue weighted by Gasteiger charge is 1.90. The van der Waals surface area contributed by atoms with Gasteiger partial charge in [-0.1, -0.05) is 0 Å². The molecular formula is C7H7F2NO. The summed E-state index contributed by atoms with van der Waals surface area (Å²) in [4.78, 5) is 9.86. The van der Waals surface area contributed by atoms with E-state index >= 15 is 0 Å². The zero-order chi connectivity index (χ0) is 8.69. The number of nitrogens with zero attached hydrogens (tertiary/aromatic N) is 1. The van der Waals surface area contributed by atoms with E-state index in [9.17, 15) is 13.7 Å². The van der Waals surface area contributed by atoms with Crippen LogP contribution in [-0.4, -0.2) is 0 Å². The Morgan fingerprint density at radius 3 is 2.55 bits per heavy atom. The second kappa shape index (κ2) is 5.46. The summed E-state index contributed by atoms with van der Waals surface area (Å²) in [5.41, 5.74) is -0.154. The Morgan fingerprint density at radius 2 is 2.18 bits per heavy atom. The van der Waals surface area contributed by atoms with Crippen LogP contribution in [0.2, 0.25) is 0 Å². The zero-order valence-electron chi connectivity index (χ0n) is 5.92. The molecule has 0 unspecified atom stereocenters. The minimum atomic E-state index is -0.553. The molecule has 0 spiro atoms. The van der Waals surface area contributed by atoms with E-state index in [1.54, 1.807) is 0 Å². The second-order valence-corrected chi connectivity index (χ2v) is 1.73. The lowest BCUT2D eigenvalue weighted by atomic mass is 10.3. The first-order valence-corrected chi connectivity index (χ1v) is 2.85. The fourth-order valence-corrected chi connectivity index (χ4v) is 0.444. The molecule has 0 bridgehead atoms. The van der Waals surface area contributed by atoms with E-state index in [2.05, 4.69) is 5.18 Å². The monoisotopic (exact) mass is 159 g/mol. The van der Waals surface area contributed by atoms with Gasteiger partial charge >= 0.3 is 0 Å². The first-order valence-electron chi connectivity index (χ1n) is 2.85. The number of halogens is 2. The van der Waals surface area contributed by atoms with Gasteiger partial charge < -0.3 is 0 Å². The van der Waals surface area contributed by atoms with Crippen molar-refractivity contribution in [3.8, 4) is 0 Å². The van der Waals surface area contributed by atoms with Gasteiger partial charge in [0.15, 0.2) is 0 Å². The fourth-order valence-electron chi connectivity index (χ4n) is 0.444. The van der Waals surface area contributed by atoms with Crippen LogP contribution in [-0.2, 0) is 0 Å². The maximum atomic E-state index is 12.1. The lowest BCUT2D eigenvalue weighted by molar-refractivity contribution is 0.639. The average Bonchev–Trinajstić information content (AvgIpc) is 1.97. The Bertz CT molecular complexity index is 214. The number of hydrogen-bond donors (Lipinski definition) is 0. The molecule has 0 aromatic heterocycles. The zero-order valence-corrected chi connectivity index (χ0v) is 5.92. The maximum Gasteiger partial charge on any atom is 0.110 e. The standard InChI is InChI=1S/C7H7F2NO/c1-6(9)5-7(10-11)3-2-4-8/h2-5H,1H3/b4-2+,6-5+,7-3+. The minimum Gasteiger partial charge on any atom is -0.216 e. The highest BCUT2D eigenvalue weighted by atomic mass is 19.1. The summed E-state index contributed by atoms with van der Waals surface area (Å²) in [5, 5.41) is 2.44. The van der Waals surface area contributed by atoms with Crippen LogP contribution in [0.1, 0.15) is 6.92 Å². The number of nitroso groups, excluding NO2 is 1. The summed E-state index contributed by atoms with van der Waals surface area (Å²) in [7, 11) is 0. The van der Waals surface area contributed by atoms with Crippen LogP contribution in [0.5, 0.6) is 0 Å². The molecule has 4 heteroatoms. The summed E-state index contributed by atoms with van der Waals surface area (Å²) >= 11 is 0. The van der Waals surface area contributed by atoms with Gasteiger partial charge in [-0.2, -0.15) is 0 Å². The van der Waals surface area contributed by atoms with Crippen LogP contribution >= 0.6 is 0 Å². The summed E-state index contributed by atoms with van der Waals surface area (Å²) in [6.07, 6.45) is 3.16. The van der Waals surface area contributed by atoms with Crippen molar-refractivity contribution >= 4 is 0 Å². The van der Waals surface area contributed by atoms with Crippen LogP contribution in [0, 0.1) is 4.91 Å². The van der Waals surface area contributed by atoms with E-state index in [0.717, 1.165) is 25.2 Å². The van der Waals surface area contributed by atoms with Gasteiger partial charge in [-0.05, 0) is 30.3 Å². The van der Waals surface area contributed by atoms with Crippen LogP contribution in [0.15, 0.2) is 41.3 Å². The van der Waals surface area contributed by atoms with Gasteiger partial charge in [0.2, 0.25) is 0 Å². The molecule has 0 aliphatic rings. The SMILES string of the molecule is C\C(F)=C/C(=C\C=C\F)N=O. The molecule has 11 heavy (non-hydrogen) atoms. The first-order chi connectivity index (χ1) is 5.20. The molecule has 0 aliphatic carbocycles. The molecule has 0 aliphatic heterocycles. The van der Waals surface area contributed by atoms with Crippen molar-refractivity contribution in [2.24, 2.45) is 5.18 Å². The highest BCUT2D eigenvalue weighted by molar-refractivity contribution is 5.23. The molecule has 0 fully saturated rings. The summed E-state index contributed by atoms with van der Waals surface area (Å²) < 4.78 is 23.4. The van der Waals surface area contributed by atoms with Crippen LogP contribution in [0.3, 0.4) is 0 Å². The van der Waals surface area contributed by atoms with Crippen molar-refractivity contribution in [2.75, 3.05) is 0 Å². The van der Waals surface area contributed by atoms with Gasteiger partial charge in [-0.25, -0.2) is 8.78 Å². The van der Waals surface area contributed by atoms with E-state index in [1.165, 1.54) is 0 Å². The van der Waals surface area contributed by atoms with Gasteiger partial charge in [0.25, 0.3) is 0 Å². The molecule has 0 aromatic carbocycles. The van der Waals surface area contributed by atoms with E-state index in [-0.39, 0.29) is 12.0 Å². The van der Waals surface area contributed by atoms with Crippen LogP contribution in [0.4, 0.5) is 8.78 Å². The largest absolute Gasteiger partial charge is 0.216 e. The first kappa shape index (κ1) is 9.68. The minimum absolute atomic E-state index is 0.154. The lowest BCUT2D eigenvalue weighted by Crippen LogP contribution is -1.69. The molecule has 0 saturated heterocycles. The van der Waals surface area contributed by atoms with Crippen molar-refractivity contribution in [3.63, 3.8) is 0 Å². The molecule has 0 amide bonds. The molecule has 0 heterocycles. The fraction of sp³-hybridized carbons (Fsp3) is 0.143. The summed E-state index contributed by atoms with van der Waals surface area (Å²) in [6, 6.07) is 0. The van der Waals surface area contributed by atoms with Gasteiger partial charge in [0, 0.05) is 0 Å². The molecular weight excluding hydrogens is 152 g/mol.